The van der Waals surface area contributed by atoms with E-state index in [4.69, 9.17) is 4.52 Å². The lowest BCUT2D eigenvalue weighted by Gasteiger charge is -2.24. The van der Waals surface area contributed by atoms with E-state index in [0.717, 1.165) is 38.3 Å². The molecule has 23 heavy (non-hydrogen) atoms. The van der Waals surface area contributed by atoms with Crippen LogP contribution in [0.5, 0.6) is 0 Å². The second-order valence-electron chi connectivity index (χ2n) is 7.30. The summed E-state index contributed by atoms with van der Waals surface area (Å²) >= 11 is 0. The smallest absolute Gasteiger partial charge is 0.226 e. The van der Waals surface area contributed by atoms with E-state index < -0.39 is 0 Å². The maximum atomic E-state index is 12.3. The molecule has 0 saturated heterocycles. The van der Waals surface area contributed by atoms with E-state index in [-0.39, 0.29) is 11.3 Å². The average molecular weight is 324 g/mol. The van der Waals surface area contributed by atoms with Crippen LogP contribution in [0, 0.1) is 0 Å². The van der Waals surface area contributed by atoms with Crippen LogP contribution in [0.25, 0.3) is 0 Å². The van der Waals surface area contributed by atoms with E-state index in [1.54, 1.807) is 0 Å². The molecular weight excluding hydrogens is 292 g/mol. The predicted molar refractivity (Wildman–Crippen MR) is 91.4 cm³/mol. The van der Waals surface area contributed by atoms with Gasteiger partial charge in [0.2, 0.25) is 11.8 Å². The number of likely N-dealkylation sites (N-methyl/N-ethyl adjacent to an activating group) is 1. The zero-order chi connectivity index (χ0) is 17.5. The van der Waals surface area contributed by atoms with Crippen molar-refractivity contribution < 1.29 is 9.32 Å². The minimum Gasteiger partial charge on any atom is -0.341 e. The van der Waals surface area contributed by atoms with Crippen molar-refractivity contribution in [2.45, 2.75) is 58.8 Å². The van der Waals surface area contributed by atoms with E-state index in [2.05, 4.69) is 42.7 Å². The topological polar surface area (TPSA) is 62.5 Å². The third-order valence-electron chi connectivity index (χ3n) is 3.58. The summed E-state index contributed by atoms with van der Waals surface area (Å²) in [4.78, 5) is 20.8. The zero-order valence-electron chi connectivity index (χ0n) is 15.6. The van der Waals surface area contributed by atoms with Gasteiger partial charge < -0.3 is 14.3 Å². The summed E-state index contributed by atoms with van der Waals surface area (Å²) in [5, 5.41) is 4.01. The van der Waals surface area contributed by atoms with Gasteiger partial charge in [0.05, 0.1) is 0 Å². The number of hydrogen-bond acceptors (Lipinski definition) is 5. The third-order valence-corrected chi connectivity index (χ3v) is 3.58. The molecule has 0 bridgehead atoms. The Hall–Kier alpha value is -1.43. The maximum absolute atomic E-state index is 12.3. The van der Waals surface area contributed by atoms with Crippen LogP contribution in [-0.4, -0.2) is 59.6 Å². The third kappa shape index (κ3) is 7.12. The summed E-state index contributed by atoms with van der Waals surface area (Å²) in [6.07, 6.45) is 2.91. The van der Waals surface area contributed by atoms with Gasteiger partial charge in [-0.3, -0.25) is 4.79 Å². The highest BCUT2D eigenvalue weighted by molar-refractivity contribution is 5.76. The lowest BCUT2D eigenvalue weighted by Crippen LogP contribution is -2.37. The Balaban J connectivity index is 2.43. The molecule has 0 unspecified atom stereocenters. The van der Waals surface area contributed by atoms with Crippen LogP contribution in [0.15, 0.2) is 4.52 Å². The van der Waals surface area contributed by atoms with E-state index >= 15 is 0 Å². The van der Waals surface area contributed by atoms with Crippen LogP contribution in [0.1, 0.15) is 58.7 Å². The Morgan fingerprint density at radius 3 is 2.39 bits per heavy atom. The molecular formula is C17H32N4O2. The fourth-order valence-electron chi connectivity index (χ4n) is 2.16. The summed E-state index contributed by atoms with van der Waals surface area (Å²) in [6, 6.07) is 0. The van der Waals surface area contributed by atoms with Crippen LogP contribution in [0.3, 0.4) is 0 Å². The highest BCUT2D eigenvalue weighted by atomic mass is 16.5. The zero-order valence-corrected chi connectivity index (χ0v) is 15.6. The van der Waals surface area contributed by atoms with Crippen molar-refractivity contribution in [1.29, 1.82) is 0 Å². The summed E-state index contributed by atoms with van der Waals surface area (Å²) in [5.74, 6) is 1.56. The van der Waals surface area contributed by atoms with Gasteiger partial charge in [0, 0.05) is 37.9 Å². The number of rotatable bonds is 9. The summed E-state index contributed by atoms with van der Waals surface area (Å²) < 4.78 is 5.27. The first-order valence-electron chi connectivity index (χ1n) is 8.49. The molecule has 0 atom stereocenters. The van der Waals surface area contributed by atoms with Gasteiger partial charge in [-0.25, -0.2) is 0 Å². The van der Waals surface area contributed by atoms with Gasteiger partial charge in [-0.05, 0) is 26.9 Å². The van der Waals surface area contributed by atoms with Crippen LogP contribution in [0.2, 0.25) is 0 Å². The number of hydrogen-bond donors (Lipinski definition) is 0. The Labute approximate surface area is 140 Å². The SMILES string of the molecule is CCCN(CCN(C)C)C(=O)CCCc1nc(C(C)(C)C)no1. The normalized spacial score (nSPS) is 12.0. The molecule has 0 radical (unpaired) electrons. The fraction of sp³-hybridized carbons (Fsp3) is 0.824. The summed E-state index contributed by atoms with van der Waals surface area (Å²) in [6.45, 7) is 10.8. The molecule has 0 spiro atoms. The van der Waals surface area contributed by atoms with Gasteiger partial charge in [0.1, 0.15) is 0 Å². The van der Waals surface area contributed by atoms with Crippen molar-refractivity contribution in [2.24, 2.45) is 0 Å². The lowest BCUT2D eigenvalue weighted by molar-refractivity contribution is -0.131. The van der Waals surface area contributed by atoms with Crippen molar-refractivity contribution in [2.75, 3.05) is 33.7 Å². The highest BCUT2D eigenvalue weighted by Crippen LogP contribution is 2.19. The molecule has 1 aromatic rings. The molecule has 0 fully saturated rings. The Morgan fingerprint density at radius 2 is 1.87 bits per heavy atom. The van der Waals surface area contributed by atoms with Gasteiger partial charge in [-0.15, -0.1) is 0 Å². The molecule has 0 aromatic carbocycles. The second-order valence-corrected chi connectivity index (χ2v) is 7.30. The van der Waals surface area contributed by atoms with Crippen LogP contribution < -0.4 is 0 Å². The largest absolute Gasteiger partial charge is 0.341 e. The van der Waals surface area contributed by atoms with E-state index in [0.29, 0.717) is 18.7 Å². The molecule has 0 aliphatic rings. The molecule has 0 aliphatic heterocycles. The molecule has 1 aromatic heterocycles. The summed E-state index contributed by atoms with van der Waals surface area (Å²) in [5.41, 5.74) is -0.109. The number of carbonyl (C=O) groups is 1. The summed E-state index contributed by atoms with van der Waals surface area (Å²) in [7, 11) is 4.05. The number of aryl methyl sites for hydroxylation is 1. The van der Waals surface area contributed by atoms with E-state index in [1.807, 2.05) is 19.0 Å². The lowest BCUT2D eigenvalue weighted by atomic mass is 9.96. The van der Waals surface area contributed by atoms with Crippen molar-refractivity contribution in [3.05, 3.63) is 11.7 Å². The molecule has 1 heterocycles. The van der Waals surface area contributed by atoms with Crippen molar-refractivity contribution >= 4 is 5.91 Å². The number of carbonyl (C=O) groups excluding carboxylic acids is 1. The molecule has 0 aliphatic carbocycles. The van der Waals surface area contributed by atoms with Gasteiger partial charge >= 0.3 is 0 Å². The molecule has 0 N–H and O–H groups in total. The van der Waals surface area contributed by atoms with Gasteiger partial charge in [-0.1, -0.05) is 32.9 Å². The molecule has 1 amide bonds. The van der Waals surface area contributed by atoms with Crippen molar-refractivity contribution in [3.8, 4) is 0 Å². The first-order valence-corrected chi connectivity index (χ1v) is 8.49. The van der Waals surface area contributed by atoms with Crippen LogP contribution in [-0.2, 0) is 16.6 Å². The number of nitrogens with zero attached hydrogens (tertiary/aromatic N) is 4. The Bertz CT molecular complexity index is 477. The monoisotopic (exact) mass is 324 g/mol. The Morgan fingerprint density at radius 1 is 1.17 bits per heavy atom. The predicted octanol–water partition coefficient (Wildman–Crippen LogP) is 2.49. The van der Waals surface area contributed by atoms with Crippen LogP contribution >= 0.6 is 0 Å². The van der Waals surface area contributed by atoms with Gasteiger partial charge in [-0.2, -0.15) is 4.98 Å². The molecule has 6 heteroatoms. The fourth-order valence-corrected chi connectivity index (χ4v) is 2.16. The molecule has 1 rings (SSSR count). The quantitative estimate of drug-likeness (QED) is 0.698. The average Bonchev–Trinajstić information content (AvgIpc) is 2.92. The van der Waals surface area contributed by atoms with Gasteiger partial charge in [0.15, 0.2) is 5.82 Å². The standard InChI is InChI=1S/C17H32N4O2/c1-7-11-21(13-12-20(5)6)15(22)10-8-9-14-18-16(19-23-14)17(2,3)4/h7-13H2,1-6H3. The second kappa shape index (κ2) is 9.01. The van der Waals surface area contributed by atoms with Crippen molar-refractivity contribution in [1.82, 2.24) is 19.9 Å². The molecule has 0 saturated carbocycles. The molecule has 6 nitrogen and oxygen atoms in total. The van der Waals surface area contributed by atoms with Gasteiger partial charge in [0.25, 0.3) is 0 Å². The van der Waals surface area contributed by atoms with E-state index in [1.165, 1.54) is 0 Å². The molecule has 132 valence electrons. The first kappa shape index (κ1) is 19.6. The minimum absolute atomic E-state index is 0.109. The number of amides is 1. The minimum atomic E-state index is -0.109. The maximum Gasteiger partial charge on any atom is 0.226 e. The van der Waals surface area contributed by atoms with E-state index in [9.17, 15) is 4.79 Å². The van der Waals surface area contributed by atoms with Crippen LogP contribution in [0.4, 0.5) is 0 Å². The highest BCUT2D eigenvalue weighted by Gasteiger charge is 2.21. The number of aromatic nitrogens is 2. The Kier molecular flexibility index (Phi) is 7.68. The van der Waals surface area contributed by atoms with Crippen molar-refractivity contribution in [3.63, 3.8) is 0 Å². The first-order chi connectivity index (χ1) is 10.7.